The summed E-state index contributed by atoms with van der Waals surface area (Å²) in [7, 11) is 1.63. The number of hydrogen-bond donors (Lipinski definition) is 2. The van der Waals surface area contributed by atoms with Crippen molar-refractivity contribution < 1.29 is 14.3 Å². The summed E-state index contributed by atoms with van der Waals surface area (Å²) < 4.78 is 11.0. The minimum atomic E-state index is 0. The minimum absolute atomic E-state index is 0. The van der Waals surface area contributed by atoms with Gasteiger partial charge in [-0.3, -0.25) is 9.79 Å². The maximum absolute atomic E-state index is 12.1. The van der Waals surface area contributed by atoms with Crippen LogP contribution in [-0.2, 0) is 4.79 Å². The predicted octanol–water partition coefficient (Wildman–Crippen LogP) is 3.88. The third kappa shape index (κ3) is 8.67. The number of carbonyl (C=O) groups is 1. The molecule has 1 aliphatic heterocycles. The summed E-state index contributed by atoms with van der Waals surface area (Å²) in [5.41, 5.74) is 0.877. The van der Waals surface area contributed by atoms with Crippen molar-refractivity contribution in [2.24, 2.45) is 4.99 Å². The average Bonchev–Trinajstić information content (AvgIpc) is 2.90. The second-order valence-corrected chi connectivity index (χ2v) is 6.73. The molecule has 0 saturated carbocycles. The SMILES string of the molecule is CCNC(=NCCCN1CCCCCC1=O)Nc1ccc(OCC)c(OC)c1.I. The van der Waals surface area contributed by atoms with E-state index >= 15 is 0 Å². The molecule has 1 heterocycles. The number of nitrogens with one attached hydrogen (secondary N) is 2. The van der Waals surface area contributed by atoms with Gasteiger partial charge in [-0.05, 0) is 45.2 Å². The van der Waals surface area contributed by atoms with Gasteiger partial charge in [0.1, 0.15) is 0 Å². The molecule has 0 bridgehead atoms. The van der Waals surface area contributed by atoms with Crippen molar-refractivity contribution in [3.8, 4) is 11.5 Å². The fourth-order valence-corrected chi connectivity index (χ4v) is 3.19. The van der Waals surface area contributed by atoms with E-state index in [1.54, 1.807) is 7.11 Å². The number of hydrogen-bond acceptors (Lipinski definition) is 4. The minimum Gasteiger partial charge on any atom is -0.493 e. The van der Waals surface area contributed by atoms with Crippen LogP contribution in [0.3, 0.4) is 0 Å². The van der Waals surface area contributed by atoms with Crippen molar-refractivity contribution in [3.63, 3.8) is 0 Å². The molecule has 2 N–H and O–H groups in total. The Labute approximate surface area is 191 Å². The quantitative estimate of drug-likeness (QED) is 0.225. The molecular weight excluding hydrogens is 483 g/mol. The van der Waals surface area contributed by atoms with Gasteiger partial charge in [-0.25, -0.2) is 0 Å². The van der Waals surface area contributed by atoms with Gasteiger partial charge in [-0.1, -0.05) is 6.42 Å². The number of guanidine groups is 1. The average molecular weight is 518 g/mol. The highest BCUT2D eigenvalue weighted by Gasteiger charge is 2.15. The highest BCUT2D eigenvalue weighted by atomic mass is 127. The molecule has 164 valence electrons. The normalized spacial score (nSPS) is 14.7. The number of methoxy groups -OCH3 is 1. The largest absolute Gasteiger partial charge is 0.493 e. The van der Waals surface area contributed by atoms with Crippen LogP contribution < -0.4 is 20.1 Å². The van der Waals surface area contributed by atoms with Gasteiger partial charge in [0.05, 0.1) is 13.7 Å². The van der Waals surface area contributed by atoms with Crippen molar-refractivity contribution in [1.29, 1.82) is 0 Å². The van der Waals surface area contributed by atoms with E-state index in [2.05, 4.69) is 15.6 Å². The van der Waals surface area contributed by atoms with Crippen LogP contribution in [0.5, 0.6) is 11.5 Å². The fraction of sp³-hybridized carbons (Fsp3) is 0.619. The fourth-order valence-electron chi connectivity index (χ4n) is 3.19. The van der Waals surface area contributed by atoms with Gasteiger partial charge in [0.25, 0.3) is 0 Å². The van der Waals surface area contributed by atoms with Gasteiger partial charge in [0.2, 0.25) is 5.91 Å². The Morgan fingerprint density at radius 3 is 2.76 bits per heavy atom. The lowest BCUT2D eigenvalue weighted by molar-refractivity contribution is -0.130. The summed E-state index contributed by atoms with van der Waals surface area (Å²) in [6, 6.07) is 5.73. The maximum Gasteiger partial charge on any atom is 0.222 e. The molecule has 0 unspecified atom stereocenters. The van der Waals surface area contributed by atoms with Crippen LogP contribution in [-0.4, -0.2) is 56.7 Å². The molecule has 1 aliphatic rings. The van der Waals surface area contributed by atoms with E-state index in [1.165, 1.54) is 0 Å². The Bertz CT molecular complexity index is 655. The number of anilines is 1. The van der Waals surface area contributed by atoms with E-state index in [0.717, 1.165) is 62.7 Å². The standard InChI is InChI=1S/C21H34N4O3.HI/c1-4-22-21(23-13-9-15-25-14-8-6-7-10-20(25)26)24-17-11-12-18(28-5-2)19(16-17)27-3;/h11-12,16H,4-10,13-15H2,1-3H3,(H2,22,23,24);1H. The molecule has 1 fully saturated rings. The maximum atomic E-state index is 12.1. The first-order valence-corrected chi connectivity index (χ1v) is 10.3. The molecule has 1 aromatic carbocycles. The zero-order chi connectivity index (χ0) is 20.2. The number of aliphatic imine (C=N–C) groups is 1. The molecule has 0 spiro atoms. The van der Waals surface area contributed by atoms with Crippen LogP contribution in [0.25, 0.3) is 0 Å². The number of likely N-dealkylation sites (tertiary alicyclic amines) is 1. The number of ether oxygens (including phenoxy) is 2. The van der Waals surface area contributed by atoms with Crippen LogP contribution in [0.15, 0.2) is 23.2 Å². The lowest BCUT2D eigenvalue weighted by Gasteiger charge is -2.20. The third-order valence-corrected chi connectivity index (χ3v) is 4.60. The zero-order valence-corrected chi connectivity index (χ0v) is 20.2. The van der Waals surface area contributed by atoms with Crippen molar-refractivity contribution in [2.45, 2.75) is 46.0 Å². The lowest BCUT2D eigenvalue weighted by atomic mass is 10.2. The Morgan fingerprint density at radius 1 is 1.21 bits per heavy atom. The van der Waals surface area contributed by atoms with Crippen LogP contribution in [0, 0.1) is 0 Å². The topological polar surface area (TPSA) is 75.2 Å². The van der Waals surface area contributed by atoms with Gasteiger partial charge < -0.3 is 25.0 Å². The molecule has 0 radical (unpaired) electrons. The molecule has 0 aromatic heterocycles. The molecule has 8 heteroatoms. The van der Waals surface area contributed by atoms with Crippen LogP contribution in [0.4, 0.5) is 5.69 Å². The van der Waals surface area contributed by atoms with E-state index in [4.69, 9.17) is 9.47 Å². The van der Waals surface area contributed by atoms with Crippen molar-refractivity contribution in [1.82, 2.24) is 10.2 Å². The first kappa shape index (κ1) is 25.3. The summed E-state index contributed by atoms with van der Waals surface area (Å²) in [4.78, 5) is 18.7. The highest BCUT2D eigenvalue weighted by molar-refractivity contribution is 14.0. The summed E-state index contributed by atoms with van der Waals surface area (Å²) in [5.74, 6) is 2.41. The Balaban J connectivity index is 0.00000420. The zero-order valence-electron chi connectivity index (χ0n) is 17.8. The Kier molecular flexibility index (Phi) is 12.5. The van der Waals surface area contributed by atoms with Crippen molar-refractivity contribution in [2.75, 3.05) is 45.2 Å². The van der Waals surface area contributed by atoms with E-state index in [9.17, 15) is 4.79 Å². The first-order chi connectivity index (χ1) is 13.7. The first-order valence-electron chi connectivity index (χ1n) is 10.3. The van der Waals surface area contributed by atoms with Gasteiger partial charge in [0, 0.05) is 44.4 Å². The van der Waals surface area contributed by atoms with E-state index in [-0.39, 0.29) is 29.9 Å². The summed E-state index contributed by atoms with van der Waals surface area (Å²) in [5, 5.41) is 6.56. The third-order valence-electron chi connectivity index (χ3n) is 4.60. The predicted molar refractivity (Wildman–Crippen MR) is 129 cm³/mol. The molecular formula is C21H35IN4O3. The van der Waals surface area contributed by atoms with E-state index in [1.807, 2.05) is 36.9 Å². The molecule has 1 saturated heterocycles. The monoisotopic (exact) mass is 518 g/mol. The Morgan fingerprint density at radius 2 is 2.03 bits per heavy atom. The summed E-state index contributed by atoms with van der Waals surface area (Å²) >= 11 is 0. The second kappa shape index (κ2) is 14.3. The van der Waals surface area contributed by atoms with Gasteiger partial charge >= 0.3 is 0 Å². The van der Waals surface area contributed by atoms with E-state index in [0.29, 0.717) is 25.3 Å². The number of benzene rings is 1. The van der Waals surface area contributed by atoms with Gasteiger partial charge in [-0.15, -0.1) is 24.0 Å². The van der Waals surface area contributed by atoms with Crippen LogP contribution in [0.1, 0.15) is 46.0 Å². The van der Waals surface area contributed by atoms with Gasteiger partial charge in [0.15, 0.2) is 17.5 Å². The molecule has 2 rings (SSSR count). The molecule has 0 atom stereocenters. The molecule has 7 nitrogen and oxygen atoms in total. The summed E-state index contributed by atoms with van der Waals surface area (Å²) in [6.07, 6.45) is 4.83. The van der Waals surface area contributed by atoms with Crippen LogP contribution >= 0.6 is 24.0 Å². The van der Waals surface area contributed by atoms with Crippen molar-refractivity contribution in [3.05, 3.63) is 18.2 Å². The number of carbonyl (C=O) groups excluding carboxylic acids is 1. The Hall–Kier alpha value is -1.71. The van der Waals surface area contributed by atoms with Crippen molar-refractivity contribution >= 4 is 41.5 Å². The lowest BCUT2D eigenvalue weighted by Crippen LogP contribution is -2.32. The summed E-state index contributed by atoms with van der Waals surface area (Å²) in [6.45, 7) is 7.66. The number of rotatable bonds is 9. The number of halogens is 1. The molecule has 1 amide bonds. The van der Waals surface area contributed by atoms with Gasteiger partial charge in [-0.2, -0.15) is 0 Å². The molecule has 1 aromatic rings. The van der Waals surface area contributed by atoms with Crippen LogP contribution in [0.2, 0.25) is 0 Å². The second-order valence-electron chi connectivity index (χ2n) is 6.73. The van der Waals surface area contributed by atoms with E-state index < -0.39 is 0 Å². The molecule has 29 heavy (non-hydrogen) atoms. The highest BCUT2D eigenvalue weighted by Crippen LogP contribution is 2.30. The number of nitrogens with zero attached hydrogens (tertiary/aromatic N) is 2. The number of amides is 1. The smallest absolute Gasteiger partial charge is 0.222 e. The molecule has 0 aliphatic carbocycles.